The van der Waals surface area contributed by atoms with E-state index in [-0.39, 0.29) is 24.4 Å². The number of nitrogens with zero attached hydrogens (tertiary/aromatic N) is 1. The van der Waals surface area contributed by atoms with Crippen molar-refractivity contribution in [3.05, 3.63) is 64.6 Å². The van der Waals surface area contributed by atoms with E-state index in [0.717, 1.165) is 9.13 Å². The second-order valence-electron chi connectivity index (χ2n) is 5.38. The summed E-state index contributed by atoms with van der Waals surface area (Å²) in [7, 11) is 2.62. The number of methoxy groups -OCH3 is 2. The molecule has 0 unspecified atom stereocenters. The molecule has 0 atom stereocenters. The summed E-state index contributed by atoms with van der Waals surface area (Å²) in [5.74, 6) is -0.761. The quantitative estimate of drug-likeness (QED) is 0.329. The van der Waals surface area contributed by atoms with Crippen LogP contribution in [0.15, 0.2) is 24.3 Å². The highest BCUT2D eigenvalue weighted by molar-refractivity contribution is 14.1. The first-order chi connectivity index (χ1) is 13.6. The van der Waals surface area contributed by atoms with Gasteiger partial charge in [-0.25, -0.2) is 0 Å². The third-order valence-electron chi connectivity index (χ3n) is 3.48. The van der Waals surface area contributed by atoms with Crippen molar-refractivity contribution in [1.82, 2.24) is 0 Å². The van der Waals surface area contributed by atoms with E-state index in [1.54, 1.807) is 12.1 Å². The van der Waals surface area contributed by atoms with E-state index in [4.69, 9.17) is 51.7 Å². The molecule has 5 nitrogen and oxygen atoms in total. The number of hydrogen-bond donors (Lipinski definition) is 0. The molecule has 0 bridgehead atoms. The standard InChI is InChI=1S/C10H7Cl2NO2.C9H7Cl2IO2/c1-15-10(14)4-8-6(5-13)2-7(11)3-9(8)12;1-14-9(13)4-6-7(11)2-5(10)3-8(6)12/h2-3H,4H2,1H3;2-3H,4H2,1H3. The van der Waals surface area contributed by atoms with Crippen LogP contribution in [0.25, 0.3) is 0 Å². The van der Waals surface area contributed by atoms with Gasteiger partial charge in [0.2, 0.25) is 0 Å². The van der Waals surface area contributed by atoms with Crippen molar-refractivity contribution in [1.29, 1.82) is 5.26 Å². The van der Waals surface area contributed by atoms with E-state index in [1.165, 1.54) is 26.4 Å². The lowest BCUT2D eigenvalue weighted by Gasteiger charge is -2.06. The topological polar surface area (TPSA) is 76.4 Å². The molecule has 0 amide bonds. The van der Waals surface area contributed by atoms with Crippen molar-refractivity contribution in [3.63, 3.8) is 0 Å². The van der Waals surface area contributed by atoms with E-state index < -0.39 is 5.97 Å². The molecular weight excluding hydrogens is 575 g/mol. The van der Waals surface area contributed by atoms with Gasteiger partial charge < -0.3 is 9.47 Å². The molecule has 10 heteroatoms. The van der Waals surface area contributed by atoms with Crippen LogP contribution in [0.2, 0.25) is 20.1 Å². The third kappa shape index (κ3) is 8.19. The van der Waals surface area contributed by atoms with Crippen molar-refractivity contribution in [2.24, 2.45) is 0 Å². The van der Waals surface area contributed by atoms with Gasteiger partial charge in [0.15, 0.2) is 0 Å². The molecule has 29 heavy (non-hydrogen) atoms. The van der Waals surface area contributed by atoms with Crippen LogP contribution in [-0.2, 0) is 31.9 Å². The van der Waals surface area contributed by atoms with Crippen molar-refractivity contribution >= 4 is 80.9 Å². The second kappa shape index (κ2) is 12.5. The van der Waals surface area contributed by atoms with Gasteiger partial charge in [-0.2, -0.15) is 5.26 Å². The summed E-state index contributed by atoms with van der Waals surface area (Å²) in [6, 6.07) is 8.25. The van der Waals surface area contributed by atoms with Crippen LogP contribution in [0, 0.1) is 14.9 Å². The molecule has 2 aromatic rings. The molecule has 154 valence electrons. The molecular formula is C19H14Cl4INO4. The Bertz CT molecular complexity index is 937. The minimum Gasteiger partial charge on any atom is -0.469 e. The number of nitriles is 1. The van der Waals surface area contributed by atoms with Gasteiger partial charge >= 0.3 is 11.9 Å². The van der Waals surface area contributed by atoms with Crippen LogP contribution in [0.5, 0.6) is 0 Å². The zero-order valence-corrected chi connectivity index (χ0v) is 20.4. The van der Waals surface area contributed by atoms with Crippen molar-refractivity contribution in [2.75, 3.05) is 14.2 Å². The highest BCUT2D eigenvalue weighted by Gasteiger charge is 2.13. The Hall–Kier alpha value is -1.24. The van der Waals surface area contributed by atoms with Gasteiger partial charge in [0, 0.05) is 23.7 Å². The fraction of sp³-hybridized carbons (Fsp3) is 0.211. The van der Waals surface area contributed by atoms with Gasteiger partial charge in [-0.05, 0) is 58.0 Å². The van der Waals surface area contributed by atoms with Crippen LogP contribution in [-0.4, -0.2) is 26.2 Å². The average Bonchev–Trinajstić information content (AvgIpc) is 2.66. The predicted octanol–water partition coefficient (Wildman–Crippen LogP) is 5.89. The first-order valence-electron chi connectivity index (χ1n) is 7.78. The Balaban J connectivity index is 0.000000291. The number of carbonyl (C=O) groups excluding carboxylic acids is 2. The predicted molar refractivity (Wildman–Crippen MR) is 122 cm³/mol. The highest BCUT2D eigenvalue weighted by Crippen LogP contribution is 2.27. The second-order valence-corrected chi connectivity index (χ2v) is 8.23. The molecule has 0 aliphatic rings. The average molecular weight is 589 g/mol. The molecule has 0 aliphatic heterocycles. The van der Waals surface area contributed by atoms with Crippen molar-refractivity contribution < 1.29 is 19.1 Å². The Kier molecular flexibility index (Phi) is 11.1. The van der Waals surface area contributed by atoms with E-state index in [2.05, 4.69) is 32.1 Å². The van der Waals surface area contributed by atoms with E-state index >= 15 is 0 Å². The summed E-state index contributed by atoms with van der Waals surface area (Å²) in [6.07, 6.45) is 0.139. The largest absolute Gasteiger partial charge is 0.469 e. The molecule has 0 N–H and O–H groups in total. The monoisotopic (exact) mass is 587 g/mol. The molecule has 0 fully saturated rings. The molecule has 0 saturated carbocycles. The zero-order chi connectivity index (χ0) is 22.1. The van der Waals surface area contributed by atoms with Gasteiger partial charge in [-0.3, -0.25) is 9.59 Å². The third-order valence-corrected chi connectivity index (χ3v) is 5.56. The molecule has 0 spiro atoms. The fourth-order valence-corrected chi connectivity index (χ4v) is 4.34. The Morgan fingerprint density at radius 3 is 1.79 bits per heavy atom. The highest BCUT2D eigenvalue weighted by atomic mass is 127. The van der Waals surface area contributed by atoms with Crippen LogP contribution >= 0.6 is 69.0 Å². The summed E-state index contributed by atoms with van der Waals surface area (Å²) in [5, 5.41) is 10.6. The molecule has 0 aliphatic carbocycles. The summed E-state index contributed by atoms with van der Waals surface area (Å²) in [6.45, 7) is 0. The minimum absolute atomic E-state index is 0.0323. The maximum atomic E-state index is 11.1. The van der Waals surface area contributed by atoms with Crippen molar-refractivity contribution in [3.8, 4) is 6.07 Å². The van der Waals surface area contributed by atoms with Crippen molar-refractivity contribution in [2.45, 2.75) is 12.8 Å². The number of halogens is 5. The van der Waals surface area contributed by atoms with Gasteiger partial charge in [-0.1, -0.05) is 46.4 Å². The van der Waals surface area contributed by atoms with Gasteiger partial charge in [-0.15, -0.1) is 0 Å². The number of ether oxygens (including phenoxy) is 2. The molecule has 0 radical (unpaired) electrons. The molecule has 0 saturated heterocycles. The maximum Gasteiger partial charge on any atom is 0.310 e. The maximum absolute atomic E-state index is 11.1. The Labute approximate surface area is 201 Å². The number of carbonyl (C=O) groups is 2. The summed E-state index contributed by atoms with van der Waals surface area (Å²) in [4.78, 5) is 22.1. The SMILES string of the molecule is COC(=O)Cc1c(Cl)cc(Cl)cc1C#N.COC(=O)Cc1c(Cl)cc(Cl)cc1I. The Morgan fingerprint density at radius 1 is 0.897 bits per heavy atom. The zero-order valence-electron chi connectivity index (χ0n) is 15.2. The molecule has 2 rings (SSSR count). The van der Waals surface area contributed by atoms with E-state index in [0.29, 0.717) is 25.7 Å². The van der Waals surface area contributed by atoms with Gasteiger partial charge in [0.1, 0.15) is 0 Å². The van der Waals surface area contributed by atoms with E-state index in [1.807, 2.05) is 6.07 Å². The fourth-order valence-electron chi connectivity index (χ4n) is 2.06. The lowest BCUT2D eigenvalue weighted by molar-refractivity contribution is -0.140. The Morgan fingerprint density at radius 2 is 1.34 bits per heavy atom. The first kappa shape index (κ1) is 25.8. The van der Waals surface area contributed by atoms with Gasteiger partial charge in [0.25, 0.3) is 0 Å². The lowest BCUT2D eigenvalue weighted by atomic mass is 10.1. The smallest absolute Gasteiger partial charge is 0.310 e. The number of esters is 2. The lowest BCUT2D eigenvalue weighted by Crippen LogP contribution is -2.06. The van der Waals surface area contributed by atoms with Crippen LogP contribution in [0.4, 0.5) is 0 Å². The number of hydrogen-bond acceptors (Lipinski definition) is 5. The minimum atomic E-state index is -0.448. The first-order valence-corrected chi connectivity index (χ1v) is 10.4. The number of benzene rings is 2. The van der Waals surface area contributed by atoms with Crippen LogP contribution < -0.4 is 0 Å². The molecule has 0 heterocycles. The van der Waals surface area contributed by atoms with Crippen LogP contribution in [0.3, 0.4) is 0 Å². The van der Waals surface area contributed by atoms with Gasteiger partial charge in [0.05, 0.1) is 38.7 Å². The summed E-state index contributed by atoms with van der Waals surface area (Å²) in [5.41, 5.74) is 1.48. The van der Waals surface area contributed by atoms with Crippen LogP contribution in [0.1, 0.15) is 16.7 Å². The molecule has 2 aromatic carbocycles. The summed E-state index contributed by atoms with van der Waals surface area (Å²) < 4.78 is 9.93. The summed E-state index contributed by atoms with van der Waals surface area (Å²) >= 11 is 25.4. The van der Waals surface area contributed by atoms with E-state index in [9.17, 15) is 9.59 Å². The normalized spacial score (nSPS) is 9.72. The number of rotatable bonds is 4. The molecule has 0 aromatic heterocycles.